The Labute approximate surface area is 121 Å². The van der Waals surface area contributed by atoms with E-state index in [9.17, 15) is 4.79 Å². The first-order valence-corrected chi connectivity index (χ1v) is 7.35. The molecule has 1 aromatic carbocycles. The molecule has 2 rings (SSSR count). The average Bonchev–Trinajstić information content (AvgIpc) is 2.32. The van der Waals surface area contributed by atoms with Crippen LogP contribution in [0.25, 0.3) is 0 Å². The molecule has 2 atom stereocenters. The fourth-order valence-corrected chi connectivity index (χ4v) is 2.96. The second-order valence-electron chi connectivity index (χ2n) is 6.13. The van der Waals surface area contributed by atoms with Crippen molar-refractivity contribution in [3.8, 4) is 0 Å². The number of rotatable bonds is 3. The predicted molar refractivity (Wildman–Crippen MR) is 81.4 cm³/mol. The summed E-state index contributed by atoms with van der Waals surface area (Å²) in [5.74, 6) is 0.215. The fraction of sp³-hybridized carbons (Fsp3) is 0.588. The minimum absolute atomic E-state index is 0.201. The van der Waals surface area contributed by atoms with Crippen LogP contribution in [0.2, 0.25) is 0 Å². The minimum Gasteiger partial charge on any atom is -0.373 e. The Morgan fingerprint density at radius 2 is 1.65 bits per heavy atom. The summed E-state index contributed by atoms with van der Waals surface area (Å²) < 4.78 is 5.71. The van der Waals surface area contributed by atoms with Gasteiger partial charge in [-0.05, 0) is 57.4 Å². The van der Waals surface area contributed by atoms with Crippen LogP contribution in [-0.2, 0) is 4.74 Å². The van der Waals surface area contributed by atoms with Crippen molar-refractivity contribution in [1.82, 2.24) is 4.90 Å². The molecule has 1 aliphatic heterocycles. The number of hydrogen-bond donors (Lipinski definition) is 0. The molecule has 0 radical (unpaired) electrons. The summed E-state index contributed by atoms with van der Waals surface area (Å²) in [6.07, 6.45) is 0.403. The van der Waals surface area contributed by atoms with Gasteiger partial charge in [0, 0.05) is 18.7 Å². The zero-order valence-corrected chi connectivity index (χ0v) is 13.2. The van der Waals surface area contributed by atoms with Gasteiger partial charge < -0.3 is 4.74 Å². The first-order valence-electron chi connectivity index (χ1n) is 7.35. The lowest BCUT2D eigenvalue weighted by Gasteiger charge is -2.34. The standard InChI is InChI=1S/C17H25NO2/c1-11-6-13(3)16(7-12(11)2)17(19)10-18-8-14(4)20-15(5)9-18/h6-7,14-15H,8-10H2,1-5H3. The van der Waals surface area contributed by atoms with E-state index in [-0.39, 0.29) is 18.0 Å². The van der Waals surface area contributed by atoms with Gasteiger partial charge in [-0.25, -0.2) is 0 Å². The molecule has 1 aliphatic rings. The lowest BCUT2D eigenvalue weighted by molar-refractivity contribution is -0.0652. The Balaban J connectivity index is 2.10. The number of ketones is 1. The lowest BCUT2D eigenvalue weighted by atomic mass is 9.97. The van der Waals surface area contributed by atoms with Crippen LogP contribution in [0.1, 0.15) is 40.9 Å². The van der Waals surface area contributed by atoms with Crippen LogP contribution in [0.5, 0.6) is 0 Å². The highest BCUT2D eigenvalue weighted by Crippen LogP contribution is 2.17. The number of carbonyl (C=O) groups is 1. The van der Waals surface area contributed by atoms with Crippen molar-refractivity contribution in [3.05, 3.63) is 34.4 Å². The van der Waals surface area contributed by atoms with Crippen molar-refractivity contribution in [1.29, 1.82) is 0 Å². The van der Waals surface area contributed by atoms with Crippen molar-refractivity contribution in [2.45, 2.75) is 46.8 Å². The van der Waals surface area contributed by atoms with Crippen molar-refractivity contribution < 1.29 is 9.53 Å². The van der Waals surface area contributed by atoms with E-state index in [1.54, 1.807) is 0 Å². The molecule has 20 heavy (non-hydrogen) atoms. The maximum atomic E-state index is 12.5. The number of aryl methyl sites for hydroxylation is 3. The van der Waals surface area contributed by atoms with E-state index in [0.717, 1.165) is 24.2 Å². The summed E-state index contributed by atoms with van der Waals surface area (Å²) in [5, 5.41) is 0. The average molecular weight is 275 g/mol. The maximum Gasteiger partial charge on any atom is 0.177 e. The van der Waals surface area contributed by atoms with E-state index >= 15 is 0 Å². The normalized spacial score (nSPS) is 23.9. The Morgan fingerprint density at radius 3 is 2.25 bits per heavy atom. The summed E-state index contributed by atoms with van der Waals surface area (Å²) in [6, 6.07) is 4.13. The first-order chi connectivity index (χ1) is 9.36. The monoisotopic (exact) mass is 275 g/mol. The second-order valence-corrected chi connectivity index (χ2v) is 6.13. The van der Waals surface area contributed by atoms with Gasteiger partial charge in [0.1, 0.15) is 0 Å². The molecule has 0 N–H and O–H groups in total. The zero-order chi connectivity index (χ0) is 14.9. The van der Waals surface area contributed by atoms with E-state index in [4.69, 9.17) is 4.74 Å². The van der Waals surface area contributed by atoms with E-state index in [2.05, 4.69) is 38.7 Å². The lowest BCUT2D eigenvalue weighted by Crippen LogP contribution is -2.47. The third kappa shape index (κ3) is 3.47. The molecular weight excluding hydrogens is 250 g/mol. The molecule has 0 amide bonds. The molecule has 3 heteroatoms. The number of ether oxygens (including phenoxy) is 1. The maximum absolute atomic E-state index is 12.5. The van der Waals surface area contributed by atoms with Gasteiger partial charge in [-0.2, -0.15) is 0 Å². The highest BCUT2D eigenvalue weighted by molar-refractivity contribution is 5.99. The number of Topliss-reactive ketones (excluding diaryl/α,β-unsaturated/α-hetero) is 1. The number of carbonyl (C=O) groups excluding carboxylic acids is 1. The van der Waals surface area contributed by atoms with Gasteiger partial charge in [-0.15, -0.1) is 0 Å². The van der Waals surface area contributed by atoms with Gasteiger partial charge in [0.15, 0.2) is 5.78 Å². The highest BCUT2D eigenvalue weighted by atomic mass is 16.5. The largest absolute Gasteiger partial charge is 0.373 e. The van der Waals surface area contributed by atoms with E-state index in [1.807, 2.05) is 13.0 Å². The Bertz CT molecular complexity index is 500. The summed E-state index contributed by atoms with van der Waals surface area (Å²) in [6.45, 7) is 12.4. The highest BCUT2D eigenvalue weighted by Gasteiger charge is 2.24. The van der Waals surface area contributed by atoms with Crippen LogP contribution < -0.4 is 0 Å². The molecule has 0 aromatic heterocycles. The fourth-order valence-electron chi connectivity index (χ4n) is 2.96. The topological polar surface area (TPSA) is 29.5 Å². The smallest absolute Gasteiger partial charge is 0.177 e. The van der Waals surface area contributed by atoms with Gasteiger partial charge in [-0.3, -0.25) is 9.69 Å². The molecule has 0 spiro atoms. The molecule has 0 aliphatic carbocycles. The predicted octanol–water partition coefficient (Wildman–Crippen LogP) is 2.90. The second kappa shape index (κ2) is 6.06. The molecular formula is C17H25NO2. The molecule has 0 saturated carbocycles. The number of morpholine rings is 1. The molecule has 1 fully saturated rings. The van der Waals surface area contributed by atoms with Gasteiger partial charge in [0.05, 0.1) is 18.8 Å². The third-order valence-corrected chi connectivity index (χ3v) is 4.00. The molecule has 110 valence electrons. The van der Waals surface area contributed by atoms with Crippen molar-refractivity contribution in [2.24, 2.45) is 0 Å². The van der Waals surface area contributed by atoms with Crippen molar-refractivity contribution >= 4 is 5.78 Å². The molecule has 1 saturated heterocycles. The van der Waals surface area contributed by atoms with Crippen LogP contribution in [-0.4, -0.2) is 42.5 Å². The third-order valence-electron chi connectivity index (χ3n) is 4.00. The Kier molecular flexibility index (Phi) is 4.61. The summed E-state index contributed by atoms with van der Waals surface area (Å²) in [5.41, 5.74) is 4.36. The van der Waals surface area contributed by atoms with Crippen molar-refractivity contribution in [3.63, 3.8) is 0 Å². The van der Waals surface area contributed by atoms with E-state index < -0.39 is 0 Å². The SMILES string of the molecule is Cc1cc(C)c(C(=O)CN2CC(C)OC(C)C2)cc1C. The van der Waals surface area contributed by atoms with Gasteiger partial charge in [0.25, 0.3) is 0 Å². The van der Waals surface area contributed by atoms with Gasteiger partial charge in [0.2, 0.25) is 0 Å². The Morgan fingerprint density at radius 1 is 1.10 bits per heavy atom. The molecule has 1 aromatic rings. The van der Waals surface area contributed by atoms with E-state index in [1.165, 1.54) is 11.1 Å². The van der Waals surface area contributed by atoms with Gasteiger partial charge in [-0.1, -0.05) is 6.07 Å². The quantitative estimate of drug-likeness (QED) is 0.794. The van der Waals surface area contributed by atoms with Crippen LogP contribution in [0, 0.1) is 20.8 Å². The summed E-state index contributed by atoms with van der Waals surface area (Å²) in [4.78, 5) is 14.7. The molecule has 3 nitrogen and oxygen atoms in total. The molecule has 2 unspecified atom stereocenters. The number of nitrogens with zero attached hydrogens (tertiary/aromatic N) is 1. The number of hydrogen-bond acceptors (Lipinski definition) is 3. The van der Waals surface area contributed by atoms with E-state index in [0.29, 0.717) is 6.54 Å². The van der Waals surface area contributed by atoms with Gasteiger partial charge >= 0.3 is 0 Å². The number of benzene rings is 1. The van der Waals surface area contributed by atoms with Crippen molar-refractivity contribution in [2.75, 3.05) is 19.6 Å². The van der Waals surface area contributed by atoms with Crippen LogP contribution in [0.4, 0.5) is 0 Å². The van der Waals surface area contributed by atoms with Crippen LogP contribution in [0.15, 0.2) is 12.1 Å². The summed E-state index contributed by atoms with van der Waals surface area (Å²) >= 11 is 0. The zero-order valence-electron chi connectivity index (χ0n) is 13.2. The van der Waals surface area contributed by atoms with Crippen LogP contribution in [0.3, 0.4) is 0 Å². The minimum atomic E-state index is 0.201. The first kappa shape index (κ1) is 15.2. The Hall–Kier alpha value is -1.19. The molecule has 0 bridgehead atoms. The van der Waals surface area contributed by atoms with Crippen LogP contribution >= 0.6 is 0 Å². The molecule has 1 heterocycles. The summed E-state index contributed by atoms with van der Waals surface area (Å²) in [7, 11) is 0.